The van der Waals surface area contributed by atoms with Gasteiger partial charge in [0.15, 0.2) is 5.96 Å². The van der Waals surface area contributed by atoms with E-state index in [2.05, 4.69) is 26.3 Å². The highest BCUT2D eigenvalue weighted by Gasteiger charge is 2.14. The van der Waals surface area contributed by atoms with Gasteiger partial charge in [0, 0.05) is 23.7 Å². The molecule has 4 N–H and O–H groups in total. The van der Waals surface area contributed by atoms with Crippen molar-refractivity contribution in [1.82, 2.24) is 16.0 Å². The molecular weight excluding hydrogens is 481 g/mol. The summed E-state index contributed by atoms with van der Waals surface area (Å²) in [5.41, 5.74) is 1.47. The average molecular weight is 517 g/mol. The minimum Gasteiger partial charge on any atom is -0.357 e. The van der Waals surface area contributed by atoms with Gasteiger partial charge in [0.2, 0.25) is 11.8 Å². The fourth-order valence-electron chi connectivity index (χ4n) is 2.34. The van der Waals surface area contributed by atoms with Crippen molar-refractivity contribution in [1.29, 1.82) is 0 Å². The highest BCUT2D eigenvalue weighted by molar-refractivity contribution is 14.0. The van der Waals surface area contributed by atoms with E-state index in [4.69, 9.17) is 0 Å². The van der Waals surface area contributed by atoms with Gasteiger partial charge in [0.05, 0.1) is 13.1 Å². The summed E-state index contributed by atoms with van der Waals surface area (Å²) in [6.07, 6.45) is 0.802. The Morgan fingerprint density at radius 2 is 1.83 bits per heavy atom. The molecule has 164 valence electrons. The summed E-state index contributed by atoms with van der Waals surface area (Å²) in [7, 11) is 0. The van der Waals surface area contributed by atoms with Gasteiger partial charge in [-0.05, 0) is 51.8 Å². The summed E-state index contributed by atoms with van der Waals surface area (Å²) in [5.74, 6) is 0.474. The van der Waals surface area contributed by atoms with Crippen molar-refractivity contribution in [2.45, 2.75) is 60.0 Å². The zero-order valence-corrected chi connectivity index (χ0v) is 20.7. The van der Waals surface area contributed by atoms with Crippen molar-refractivity contribution in [3.8, 4) is 0 Å². The second-order valence-electron chi connectivity index (χ2n) is 7.85. The molecule has 29 heavy (non-hydrogen) atoms. The highest BCUT2D eigenvalue weighted by atomic mass is 127. The van der Waals surface area contributed by atoms with Gasteiger partial charge in [-0.25, -0.2) is 4.99 Å². The van der Waals surface area contributed by atoms with Crippen molar-refractivity contribution in [2.75, 3.05) is 18.4 Å². The molecule has 0 fully saturated rings. The summed E-state index contributed by atoms with van der Waals surface area (Å²) in [6, 6.07) is 7.64. The molecule has 0 aliphatic carbocycles. The number of hydrogen-bond acceptors (Lipinski definition) is 3. The van der Waals surface area contributed by atoms with Crippen molar-refractivity contribution in [2.24, 2.45) is 10.9 Å². The summed E-state index contributed by atoms with van der Waals surface area (Å²) in [4.78, 5) is 28.6. The van der Waals surface area contributed by atoms with E-state index in [0.717, 1.165) is 17.7 Å². The van der Waals surface area contributed by atoms with Crippen LogP contribution in [0.3, 0.4) is 0 Å². The lowest BCUT2D eigenvalue weighted by atomic mass is 10.1. The summed E-state index contributed by atoms with van der Waals surface area (Å²) in [6.45, 7) is 13.0. The molecule has 1 atom stereocenters. The SMILES string of the molecule is CCNC(=NCc1cccc(NC(=O)C(C)CC)c1)NCC(=O)NC(C)(C)C.I. The maximum atomic E-state index is 12.1. The molecule has 0 bridgehead atoms. The van der Waals surface area contributed by atoms with Crippen molar-refractivity contribution in [3.63, 3.8) is 0 Å². The van der Waals surface area contributed by atoms with E-state index in [1.54, 1.807) is 0 Å². The molecule has 1 aromatic carbocycles. The molecule has 7 nitrogen and oxygen atoms in total. The minimum atomic E-state index is -0.269. The van der Waals surface area contributed by atoms with Gasteiger partial charge in [-0.15, -0.1) is 24.0 Å². The number of anilines is 1. The molecule has 1 unspecified atom stereocenters. The summed E-state index contributed by atoms with van der Waals surface area (Å²) in [5, 5.41) is 12.0. The number of nitrogens with zero attached hydrogens (tertiary/aromatic N) is 1. The molecule has 2 amide bonds. The van der Waals surface area contributed by atoms with Crippen LogP contribution in [0, 0.1) is 5.92 Å². The topological polar surface area (TPSA) is 94.6 Å². The zero-order chi connectivity index (χ0) is 21.2. The molecule has 1 aromatic rings. The first-order valence-corrected chi connectivity index (χ1v) is 9.87. The van der Waals surface area contributed by atoms with Gasteiger partial charge in [-0.1, -0.05) is 26.0 Å². The zero-order valence-electron chi connectivity index (χ0n) is 18.4. The first-order valence-electron chi connectivity index (χ1n) is 9.87. The number of benzene rings is 1. The summed E-state index contributed by atoms with van der Waals surface area (Å²) >= 11 is 0. The van der Waals surface area contributed by atoms with Crippen molar-refractivity contribution in [3.05, 3.63) is 29.8 Å². The maximum absolute atomic E-state index is 12.1. The van der Waals surface area contributed by atoms with Gasteiger partial charge in [0.1, 0.15) is 0 Å². The van der Waals surface area contributed by atoms with E-state index in [0.29, 0.717) is 19.0 Å². The number of rotatable bonds is 8. The Labute approximate surface area is 191 Å². The number of carbonyl (C=O) groups excluding carboxylic acids is 2. The third-order valence-electron chi connectivity index (χ3n) is 3.95. The van der Waals surface area contributed by atoms with Gasteiger partial charge < -0.3 is 21.3 Å². The van der Waals surface area contributed by atoms with Crippen LogP contribution in [-0.4, -0.2) is 36.4 Å². The highest BCUT2D eigenvalue weighted by Crippen LogP contribution is 2.13. The number of halogens is 1. The normalized spacial score (nSPS) is 12.4. The third-order valence-corrected chi connectivity index (χ3v) is 3.95. The van der Waals surface area contributed by atoms with Crippen LogP contribution in [0.15, 0.2) is 29.3 Å². The predicted octanol–water partition coefficient (Wildman–Crippen LogP) is 3.26. The fraction of sp³-hybridized carbons (Fsp3) is 0.571. The van der Waals surface area contributed by atoms with Gasteiger partial charge in [0.25, 0.3) is 0 Å². The Hall–Kier alpha value is -1.84. The monoisotopic (exact) mass is 517 g/mol. The van der Waals surface area contributed by atoms with Crippen molar-refractivity contribution < 1.29 is 9.59 Å². The molecule has 0 heterocycles. The van der Waals surface area contributed by atoms with Gasteiger partial charge >= 0.3 is 0 Å². The third kappa shape index (κ3) is 11.7. The Morgan fingerprint density at radius 1 is 1.14 bits per heavy atom. The lowest BCUT2D eigenvalue weighted by Crippen LogP contribution is -2.48. The standard InChI is InChI=1S/C21H35N5O2.HI/c1-7-15(3)19(28)25-17-11-9-10-16(12-17)13-23-20(22-8-2)24-14-18(27)26-21(4,5)6;/h9-12,15H,7-8,13-14H2,1-6H3,(H,25,28)(H,26,27)(H2,22,23,24);1H. The Bertz CT molecular complexity index is 686. The minimum absolute atomic E-state index is 0. The lowest BCUT2D eigenvalue weighted by molar-refractivity contribution is -0.121. The molecule has 1 rings (SSSR count). The number of guanidine groups is 1. The van der Waals surface area contributed by atoms with Crippen LogP contribution < -0.4 is 21.3 Å². The van der Waals surface area contributed by atoms with Crippen LogP contribution in [0.4, 0.5) is 5.69 Å². The smallest absolute Gasteiger partial charge is 0.239 e. The molecule has 0 aliphatic heterocycles. The van der Waals surface area contributed by atoms with Crippen LogP contribution in [0.25, 0.3) is 0 Å². The van der Waals surface area contributed by atoms with Crippen LogP contribution in [0.2, 0.25) is 0 Å². The number of carbonyl (C=O) groups is 2. The van der Waals surface area contributed by atoms with E-state index in [1.165, 1.54) is 0 Å². The molecule has 0 saturated heterocycles. The summed E-state index contributed by atoms with van der Waals surface area (Å²) < 4.78 is 0. The van der Waals surface area contributed by atoms with Crippen LogP contribution in [-0.2, 0) is 16.1 Å². The van der Waals surface area contributed by atoms with Gasteiger partial charge in [-0.3, -0.25) is 9.59 Å². The fourth-order valence-corrected chi connectivity index (χ4v) is 2.34. The Balaban J connectivity index is 0.00000784. The lowest BCUT2D eigenvalue weighted by Gasteiger charge is -2.21. The molecule has 8 heteroatoms. The molecule has 0 aliphatic rings. The molecular formula is C21H36IN5O2. The number of amides is 2. The van der Waals surface area contributed by atoms with E-state index >= 15 is 0 Å². The number of hydrogen-bond donors (Lipinski definition) is 4. The van der Waals surface area contributed by atoms with Crippen molar-refractivity contribution >= 4 is 47.4 Å². The molecule has 0 saturated carbocycles. The van der Waals surface area contributed by atoms with Gasteiger partial charge in [-0.2, -0.15) is 0 Å². The Kier molecular flexibility index (Phi) is 12.5. The molecule has 0 aromatic heterocycles. The van der Waals surface area contributed by atoms with E-state index in [9.17, 15) is 9.59 Å². The van der Waals surface area contributed by atoms with E-state index in [-0.39, 0.29) is 53.8 Å². The second kappa shape index (κ2) is 13.4. The number of aliphatic imine (C=N–C) groups is 1. The second-order valence-corrected chi connectivity index (χ2v) is 7.85. The quantitative estimate of drug-likeness (QED) is 0.242. The first-order chi connectivity index (χ1) is 13.1. The van der Waals surface area contributed by atoms with Crippen LogP contribution >= 0.6 is 24.0 Å². The van der Waals surface area contributed by atoms with E-state index < -0.39 is 0 Å². The van der Waals surface area contributed by atoms with E-state index in [1.807, 2.05) is 65.8 Å². The number of nitrogens with one attached hydrogen (secondary N) is 4. The molecule has 0 radical (unpaired) electrons. The molecule has 0 spiro atoms. The van der Waals surface area contributed by atoms with Crippen LogP contribution in [0.1, 0.15) is 53.5 Å². The first kappa shape index (κ1) is 27.2. The Morgan fingerprint density at radius 3 is 2.41 bits per heavy atom. The largest absolute Gasteiger partial charge is 0.357 e. The average Bonchev–Trinajstić information content (AvgIpc) is 2.62. The van der Waals surface area contributed by atoms with Crippen LogP contribution in [0.5, 0.6) is 0 Å². The maximum Gasteiger partial charge on any atom is 0.239 e. The predicted molar refractivity (Wildman–Crippen MR) is 131 cm³/mol.